The lowest BCUT2D eigenvalue weighted by atomic mass is 10.0. The van der Waals surface area contributed by atoms with Gasteiger partial charge in [-0.1, -0.05) is 261 Å². The summed E-state index contributed by atoms with van der Waals surface area (Å²) in [4.78, 5) is 24.4. The molecule has 1 unspecified atom stereocenters. The number of unbranched alkanes of at least 4 members (excludes halogenated alkanes) is 31. The van der Waals surface area contributed by atoms with Gasteiger partial charge >= 0.3 is 11.9 Å². The summed E-state index contributed by atoms with van der Waals surface area (Å²) in [5.74, 6) is -0.578. The lowest BCUT2D eigenvalue weighted by molar-refractivity contribution is -0.161. The third-order valence-corrected chi connectivity index (χ3v) is 11.8. The highest BCUT2D eigenvalue weighted by molar-refractivity contribution is 5.70. The monoisotopic (exact) mass is 867 g/mol. The summed E-state index contributed by atoms with van der Waals surface area (Å²) in [6, 6.07) is 0. The molecule has 0 saturated carbocycles. The van der Waals surface area contributed by atoms with Crippen LogP contribution in [0.2, 0.25) is 0 Å². The van der Waals surface area contributed by atoms with Crippen molar-refractivity contribution in [3.8, 4) is 0 Å². The van der Waals surface area contributed by atoms with Crippen LogP contribution >= 0.6 is 0 Å². The molecule has 360 valence electrons. The van der Waals surface area contributed by atoms with E-state index in [4.69, 9.17) is 9.47 Å². The first-order chi connectivity index (χ1) is 30.6. The number of aliphatic hydroxyl groups is 1. The van der Waals surface area contributed by atoms with E-state index in [1.54, 1.807) is 0 Å². The van der Waals surface area contributed by atoms with E-state index in [2.05, 4.69) is 74.6 Å². The van der Waals surface area contributed by atoms with Gasteiger partial charge in [-0.25, -0.2) is 0 Å². The van der Waals surface area contributed by atoms with Crippen LogP contribution in [0.1, 0.15) is 271 Å². The van der Waals surface area contributed by atoms with Gasteiger partial charge in [-0.05, 0) is 57.8 Å². The molecule has 0 spiro atoms. The first kappa shape index (κ1) is 59.6. The average Bonchev–Trinajstić information content (AvgIpc) is 3.28. The molecule has 0 fully saturated rings. The molecule has 0 rings (SSSR count). The number of allylic oxidation sites excluding steroid dienone is 10. The summed E-state index contributed by atoms with van der Waals surface area (Å²) in [5, 5.41) is 9.62. The summed E-state index contributed by atoms with van der Waals surface area (Å²) in [5.41, 5.74) is 0. The Morgan fingerprint density at radius 2 is 0.694 bits per heavy atom. The smallest absolute Gasteiger partial charge is 0.306 e. The van der Waals surface area contributed by atoms with Crippen molar-refractivity contribution in [2.24, 2.45) is 0 Å². The van der Waals surface area contributed by atoms with Gasteiger partial charge < -0.3 is 14.6 Å². The fraction of sp³-hybridized carbons (Fsp3) is 0.789. The van der Waals surface area contributed by atoms with Crippen molar-refractivity contribution in [3.63, 3.8) is 0 Å². The molecule has 0 aliphatic heterocycles. The molecular weight excluding hydrogens is 765 g/mol. The second-order valence-electron chi connectivity index (χ2n) is 17.9. The minimum atomic E-state index is -0.769. The molecule has 0 aliphatic rings. The third kappa shape index (κ3) is 50.2. The van der Waals surface area contributed by atoms with E-state index < -0.39 is 6.10 Å². The topological polar surface area (TPSA) is 72.8 Å². The molecule has 5 heteroatoms. The quantitative estimate of drug-likeness (QED) is 0.0375. The second kappa shape index (κ2) is 52.9. The van der Waals surface area contributed by atoms with E-state index in [1.807, 2.05) is 0 Å². The molecule has 62 heavy (non-hydrogen) atoms. The highest BCUT2D eigenvalue weighted by Gasteiger charge is 2.16. The van der Waals surface area contributed by atoms with Gasteiger partial charge in [0.1, 0.15) is 6.61 Å². The molecule has 0 aromatic carbocycles. The van der Waals surface area contributed by atoms with Crippen LogP contribution in [0.5, 0.6) is 0 Å². The summed E-state index contributed by atoms with van der Waals surface area (Å²) in [7, 11) is 0. The van der Waals surface area contributed by atoms with Gasteiger partial charge in [-0.15, -0.1) is 0 Å². The first-order valence-electron chi connectivity index (χ1n) is 26.8. The van der Waals surface area contributed by atoms with Crippen molar-refractivity contribution in [2.45, 2.75) is 277 Å². The van der Waals surface area contributed by atoms with Crippen molar-refractivity contribution in [2.75, 3.05) is 13.2 Å². The standard InChI is InChI=1S/C57H102O5/c1-3-5-7-9-11-13-15-17-19-20-21-22-23-24-25-26-27-28-29-30-31-32-33-34-35-36-38-40-42-44-46-48-50-52-57(60)62-55(53-58)54-61-56(59)51-49-47-45-43-41-39-37-18-16-14-12-10-8-6-4-2/h5,7,11,13,17,19,21-22,24-25,55,58H,3-4,6,8-10,12,14-16,18,20,23,26-54H2,1-2H3/b7-5-,13-11-,19-17-,22-21-,25-24-. The van der Waals surface area contributed by atoms with E-state index in [1.165, 1.54) is 173 Å². The van der Waals surface area contributed by atoms with Gasteiger partial charge in [0, 0.05) is 12.8 Å². The molecule has 1 N–H and O–H groups in total. The Bertz CT molecular complexity index is 1070. The van der Waals surface area contributed by atoms with Gasteiger partial charge in [0.25, 0.3) is 0 Å². The van der Waals surface area contributed by atoms with E-state index in [-0.39, 0.29) is 25.2 Å². The molecule has 0 aromatic rings. The molecule has 1 atom stereocenters. The lowest BCUT2D eigenvalue weighted by Gasteiger charge is -2.15. The maximum Gasteiger partial charge on any atom is 0.306 e. The predicted molar refractivity (Wildman–Crippen MR) is 270 cm³/mol. The molecule has 0 amide bonds. The Morgan fingerprint density at radius 1 is 0.387 bits per heavy atom. The fourth-order valence-corrected chi connectivity index (χ4v) is 7.82. The zero-order valence-electron chi connectivity index (χ0n) is 41.1. The molecule has 0 bridgehead atoms. The van der Waals surface area contributed by atoms with Crippen molar-refractivity contribution in [1.82, 2.24) is 0 Å². The van der Waals surface area contributed by atoms with Gasteiger partial charge in [-0.2, -0.15) is 0 Å². The fourth-order valence-electron chi connectivity index (χ4n) is 7.82. The molecule has 5 nitrogen and oxygen atoms in total. The van der Waals surface area contributed by atoms with Crippen LogP contribution < -0.4 is 0 Å². The number of aliphatic hydroxyl groups excluding tert-OH is 1. The number of hydrogen-bond acceptors (Lipinski definition) is 5. The van der Waals surface area contributed by atoms with Crippen molar-refractivity contribution >= 4 is 11.9 Å². The maximum absolute atomic E-state index is 12.3. The molecular formula is C57H102O5. The van der Waals surface area contributed by atoms with Crippen molar-refractivity contribution in [3.05, 3.63) is 60.8 Å². The number of rotatable bonds is 49. The van der Waals surface area contributed by atoms with Crippen LogP contribution in [0.4, 0.5) is 0 Å². The number of carbonyl (C=O) groups is 2. The summed E-state index contributed by atoms with van der Waals surface area (Å²) >= 11 is 0. The lowest BCUT2D eigenvalue weighted by Crippen LogP contribution is -2.28. The molecule has 0 aliphatic carbocycles. The Labute approximate surface area is 385 Å². The molecule has 0 saturated heterocycles. The molecule has 0 radical (unpaired) electrons. The second-order valence-corrected chi connectivity index (χ2v) is 17.9. The number of esters is 2. The van der Waals surface area contributed by atoms with Crippen LogP contribution in [0.15, 0.2) is 60.8 Å². The van der Waals surface area contributed by atoms with E-state index in [0.717, 1.165) is 70.6 Å². The highest BCUT2D eigenvalue weighted by Crippen LogP contribution is 2.16. The normalized spacial score (nSPS) is 12.6. The van der Waals surface area contributed by atoms with Gasteiger partial charge in [-0.3, -0.25) is 9.59 Å². The third-order valence-electron chi connectivity index (χ3n) is 11.8. The van der Waals surface area contributed by atoms with E-state index in [9.17, 15) is 14.7 Å². The zero-order valence-corrected chi connectivity index (χ0v) is 41.1. The largest absolute Gasteiger partial charge is 0.462 e. The Morgan fingerprint density at radius 3 is 1.05 bits per heavy atom. The summed E-state index contributed by atoms with van der Waals surface area (Å²) < 4.78 is 10.7. The van der Waals surface area contributed by atoms with Crippen LogP contribution in [0, 0.1) is 0 Å². The van der Waals surface area contributed by atoms with Gasteiger partial charge in [0.15, 0.2) is 6.10 Å². The van der Waals surface area contributed by atoms with Crippen LogP contribution in [0.3, 0.4) is 0 Å². The molecule has 0 heterocycles. The number of ether oxygens (including phenoxy) is 2. The van der Waals surface area contributed by atoms with Crippen LogP contribution in [-0.2, 0) is 19.1 Å². The van der Waals surface area contributed by atoms with Crippen molar-refractivity contribution in [1.29, 1.82) is 0 Å². The van der Waals surface area contributed by atoms with Gasteiger partial charge in [0.2, 0.25) is 0 Å². The predicted octanol–water partition coefficient (Wildman–Crippen LogP) is 17.9. The minimum Gasteiger partial charge on any atom is -0.462 e. The summed E-state index contributed by atoms with van der Waals surface area (Å²) in [6.45, 7) is 4.05. The van der Waals surface area contributed by atoms with Crippen molar-refractivity contribution < 1.29 is 24.2 Å². The van der Waals surface area contributed by atoms with Gasteiger partial charge in [0.05, 0.1) is 6.61 Å². The SMILES string of the molecule is CC/C=C\C/C=C\C/C=C\C/C=C\C/C=C\CCCCCCCCCCCCCCCCCCCC(=O)OC(CO)COC(=O)CCCCCCCCCCCCCCCCC. The molecule has 0 aromatic heterocycles. The Kier molecular flexibility index (Phi) is 50.9. The Balaban J connectivity index is 3.45. The number of hydrogen-bond donors (Lipinski definition) is 1. The minimum absolute atomic E-state index is 0.0618. The Hall–Kier alpha value is -2.40. The number of carbonyl (C=O) groups excluding carboxylic acids is 2. The van der Waals surface area contributed by atoms with E-state index in [0.29, 0.717) is 12.8 Å². The van der Waals surface area contributed by atoms with Crippen LogP contribution in [0.25, 0.3) is 0 Å². The summed E-state index contributed by atoms with van der Waals surface area (Å²) in [6.07, 6.45) is 70.5. The highest BCUT2D eigenvalue weighted by atomic mass is 16.6. The van der Waals surface area contributed by atoms with E-state index >= 15 is 0 Å². The zero-order chi connectivity index (χ0) is 44.9. The maximum atomic E-state index is 12.3. The first-order valence-corrected chi connectivity index (χ1v) is 26.8. The average molecular weight is 867 g/mol. The van der Waals surface area contributed by atoms with Crippen LogP contribution in [-0.4, -0.2) is 36.4 Å².